The molecule has 1 aromatic carbocycles. The zero-order valence-corrected chi connectivity index (χ0v) is 16.0. The fourth-order valence-corrected chi connectivity index (χ4v) is 2.85. The standard InChI is InChI=1S/C21H23N3O4/c1-3-27-17-9-8-15(13-18(17)28-4-2)10-11-22-20(25)16-14-23-19-7-5-6-12-24(19)21(16)26/h5-9,12-14H,3-4,10-11H2,1-2H3,(H,22,25). The second kappa shape index (κ2) is 9.03. The van der Waals surface area contributed by atoms with Crippen molar-refractivity contribution in [3.63, 3.8) is 0 Å². The third-order valence-corrected chi connectivity index (χ3v) is 4.17. The van der Waals surface area contributed by atoms with Crippen LogP contribution in [0.15, 0.2) is 53.6 Å². The molecule has 3 aromatic rings. The van der Waals surface area contributed by atoms with E-state index in [-0.39, 0.29) is 11.1 Å². The first-order valence-corrected chi connectivity index (χ1v) is 9.27. The second-order valence-electron chi connectivity index (χ2n) is 6.06. The molecular weight excluding hydrogens is 358 g/mol. The van der Waals surface area contributed by atoms with Crippen LogP contribution < -0.4 is 20.3 Å². The molecule has 0 spiro atoms. The molecule has 146 valence electrons. The predicted octanol–water partition coefficient (Wildman–Crippen LogP) is 2.46. The summed E-state index contributed by atoms with van der Waals surface area (Å²) in [5.74, 6) is 0.948. The second-order valence-corrected chi connectivity index (χ2v) is 6.06. The lowest BCUT2D eigenvalue weighted by atomic mass is 10.1. The Balaban J connectivity index is 1.66. The summed E-state index contributed by atoms with van der Waals surface area (Å²) in [6, 6.07) is 10.9. The number of carbonyl (C=O) groups is 1. The first-order chi connectivity index (χ1) is 13.6. The minimum atomic E-state index is -0.438. The maximum atomic E-state index is 12.5. The van der Waals surface area contributed by atoms with Crippen molar-refractivity contribution in [1.82, 2.24) is 14.7 Å². The topological polar surface area (TPSA) is 81.9 Å². The number of ether oxygens (including phenoxy) is 2. The van der Waals surface area contributed by atoms with Gasteiger partial charge in [0.15, 0.2) is 11.5 Å². The van der Waals surface area contributed by atoms with Crippen molar-refractivity contribution >= 4 is 11.6 Å². The van der Waals surface area contributed by atoms with E-state index >= 15 is 0 Å². The number of aromatic nitrogens is 2. The number of nitrogens with one attached hydrogen (secondary N) is 1. The molecular formula is C21H23N3O4. The molecule has 0 radical (unpaired) electrons. The Kier molecular flexibility index (Phi) is 6.26. The van der Waals surface area contributed by atoms with Crippen LogP contribution in [0.4, 0.5) is 0 Å². The number of amides is 1. The van der Waals surface area contributed by atoms with Gasteiger partial charge in [-0.15, -0.1) is 0 Å². The van der Waals surface area contributed by atoms with Crippen molar-refractivity contribution in [3.05, 3.63) is 70.3 Å². The summed E-state index contributed by atoms with van der Waals surface area (Å²) in [5.41, 5.74) is 1.13. The molecule has 0 saturated carbocycles. The number of nitrogens with zero attached hydrogens (tertiary/aromatic N) is 2. The van der Waals surface area contributed by atoms with Gasteiger partial charge in [0, 0.05) is 18.9 Å². The molecule has 3 rings (SSSR count). The van der Waals surface area contributed by atoms with Crippen LogP contribution in [-0.2, 0) is 6.42 Å². The van der Waals surface area contributed by atoms with Crippen molar-refractivity contribution in [2.45, 2.75) is 20.3 Å². The Morgan fingerprint density at radius 2 is 1.89 bits per heavy atom. The quantitative estimate of drug-likeness (QED) is 0.648. The van der Waals surface area contributed by atoms with Crippen molar-refractivity contribution < 1.29 is 14.3 Å². The minimum Gasteiger partial charge on any atom is -0.490 e. The molecule has 28 heavy (non-hydrogen) atoms. The summed E-state index contributed by atoms with van der Waals surface area (Å²) in [5, 5.41) is 2.78. The van der Waals surface area contributed by atoms with Gasteiger partial charge in [-0.1, -0.05) is 12.1 Å². The lowest BCUT2D eigenvalue weighted by molar-refractivity contribution is 0.0952. The number of hydrogen-bond acceptors (Lipinski definition) is 5. The molecule has 0 atom stereocenters. The van der Waals surface area contributed by atoms with Crippen LogP contribution in [0, 0.1) is 0 Å². The van der Waals surface area contributed by atoms with Crippen molar-refractivity contribution in [3.8, 4) is 11.5 Å². The summed E-state index contributed by atoms with van der Waals surface area (Å²) in [6.45, 7) is 5.32. The lowest BCUT2D eigenvalue weighted by Gasteiger charge is -2.12. The monoisotopic (exact) mass is 381 g/mol. The van der Waals surface area contributed by atoms with E-state index in [0.717, 1.165) is 5.56 Å². The number of carbonyl (C=O) groups excluding carboxylic acids is 1. The van der Waals surface area contributed by atoms with Crippen LogP contribution in [0.1, 0.15) is 29.8 Å². The Morgan fingerprint density at radius 1 is 1.11 bits per heavy atom. The van der Waals surface area contributed by atoms with Gasteiger partial charge in [-0.2, -0.15) is 0 Å². The number of benzene rings is 1. The Bertz CT molecular complexity index is 1030. The lowest BCUT2D eigenvalue weighted by Crippen LogP contribution is -2.32. The van der Waals surface area contributed by atoms with Gasteiger partial charge in [0.2, 0.25) is 0 Å². The largest absolute Gasteiger partial charge is 0.490 e. The Labute approximate surface area is 162 Å². The summed E-state index contributed by atoms with van der Waals surface area (Å²) < 4.78 is 12.5. The van der Waals surface area contributed by atoms with E-state index in [9.17, 15) is 9.59 Å². The van der Waals surface area contributed by atoms with Crippen molar-refractivity contribution in [2.75, 3.05) is 19.8 Å². The zero-order chi connectivity index (χ0) is 19.9. The first-order valence-electron chi connectivity index (χ1n) is 9.27. The van der Waals surface area contributed by atoms with Gasteiger partial charge in [0.1, 0.15) is 11.2 Å². The molecule has 1 N–H and O–H groups in total. The van der Waals surface area contributed by atoms with Crippen LogP contribution in [-0.4, -0.2) is 35.1 Å². The summed E-state index contributed by atoms with van der Waals surface area (Å²) in [4.78, 5) is 29.0. The fraction of sp³-hybridized carbons (Fsp3) is 0.286. The van der Waals surface area contributed by atoms with Crippen LogP contribution in [0.25, 0.3) is 5.65 Å². The van der Waals surface area contributed by atoms with Gasteiger partial charge in [-0.25, -0.2) is 4.98 Å². The Morgan fingerprint density at radius 3 is 2.68 bits per heavy atom. The SMILES string of the molecule is CCOc1ccc(CCNC(=O)c2cnc3ccccn3c2=O)cc1OCC. The summed E-state index contributed by atoms with van der Waals surface area (Å²) in [7, 11) is 0. The van der Waals surface area contributed by atoms with Crippen molar-refractivity contribution in [1.29, 1.82) is 0 Å². The van der Waals surface area contributed by atoms with Crippen LogP contribution in [0.2, 0.25) is 0 Å². The predicted molar refractivity (Wildman–Crippen MR) is 106 cm³/mol. The third-order valence-electron chi connectivity index (χ3n) is 4.17. The molecule has 7 nitrogen and oxygen atoms in total. The molecule has 0 aliphatic carbocycles. The first kappa shape index (κ1) is 19.4. The average molecular weight is 381 g/mol. The number of hydrogen-bond donors (Lipinski definition) is 1. The van der Waals surface area contributed by atoms with Crippen molar-refractivity contribution in [2.24, 2.45) is 0 Å². The zero-order valence-electron chi connectivity index (χ0n) is 16.0. The molecule has 0 aliphatic rings. The average Bonchev–Trinajstić information content (AvgIpc) is 2.70. The van der Waals surface area contributed by atoms with Gasteiger partial charge in [0.25, 0.3) is 11.5 Å². The van der Waals surface area contributed by atoms with Gasteiger partial charge >= 0.3 is 0 Å². The molecule has 0 aliphatic heterocycles. The molecule has 0 fully saturated rings. The molecule has 0 saturated heterocycles. The smallest absolute Gasteiger partial charge is 0.270 e. The van der Waals surface area contributed by atoms with E-state index in [2.05, 4.69) is 10.3 Å². The van der Waals surface area contributed by atoms with E-state index in [4.69, 9.17) is 9.47 Å². The van der Waals surface area contributed by atoms with Gasteiger partial charge < -0.3 is 14.8 Å². The highest BCUT2D eigenvalue weighted by molar-refractivity contribution is 5.93. The summed E-state index contributed by atoms with van der Waals surface area (Å²) >= 11 is 0. The van der Waals surface area contributed by atoms with Gasteiger partial charge in [-0.05, 0) is 50.1 Å². The number of fused-ring (bicyclic) bond motifs is 1. The molecule has 0 unspecified atom stereocenters. The number of rotatable bonds is 8. The van der Waals surface area contributed by atoms with E-state index in [0.29, 0.717) is 43.3 Å². The molecule has 2 aromatic heterocycles. The van der Waals surface area contributed by atoms with Crippen LogP contribution in [0.5, 0.6) is 11.5 Å². The van der Waals surface area contributed by atoms with E-state index in [1.165, 1.54) is 10.6 Å². The molecule has 1 amide bonds. The van der Waals surface area contributed by atoms with E-state index in [1.54, 1.807) is 24.4 Å². The molecule has 0 bridgehead atoms. The van der Waals surface area contributed by atoms with E-state index in [1.807, 2.05) is 32.0 Å². The maximum absolute atomic E-state index is 12.5. The highest BCUT2D eigenvalue weighted by atomic mass is 16.5. The highest BCUT2D eigenvalue weighted by Crippen LogP contribution is 2.28. The highest BCUT2D eigenvalue weighted by Gasteiger charge is 2.13. The van der Waals surface area contributed by atoms with Crippen LogP contribution in [0.3, 0.4) is 0 Å². The molecule has 2 heterocycles. The maximum Gasteiger partial charge on any atom is 0.270 e. The summed E-state index contributed by atoms with van der Waals surface area (Å²) in [6.07, 6.45) is 3.51. The van der Waals surface area contributed by atoms with Crippen LogP contribution >= 0.6 is 0 Å². The minimum absolute atomic E-state index is 0.0189. The van der Waals surface area contributed by atoms with E-state index < -0.39 is 5.91 Å². The Hall–Kier alpha value is -3.35. The normalized spacial score (nSPS) is 10.6. The van der Waals surface area contributed by atoms with Gasteiger partial charge in [-0.3, -0.25) is 14.0 Å². The number of pyridine rings is 1. The van der Waals surface area contributed by atoms with Gasteiger partial charge in [0.05, 0.1) is 13.2 Å². The molecule has 7 heteroatoms. The fourth-order valence-electron chi connectivity index (χ4n) is 2.85. The third kappa shape index (κ3) is 4.31.